The van der Waals surface area contributed by atoms with Crippen molar-refractivity contribution in [3.8, 4) is 11.4 Å². The minimum Gasteiger partial charge on any atom is -0.383 e. The van der Waals surface area contributed by atoms with E-state index in [1.165, 1.54) is 0 Å². The molecule has 6 heteroatoms. The van der Waals surface area contributed by atoms with Crippen LogP contribution in [0.25, 0.3) is 11.4 Å². The van der Waals surface area contributed by atoms with Gasteiger partial charge in [0.2, 0.25) is 11.7 Å². The Kier molecular flexibility index (Phi) is 4.69. The molecule has 0 saturated carbocycles. The van der Waals surface area contributed by atoms with Crippen LogP contribution in [-0.4, -0.2) is 30.4 Å². The predicted octanol–water partition coefficient (Wildman–Crippen LogP) is 2.13. The molecule has 0 amide bonds. The van der Waals surface area contributed by atoms with Crippen molar-refractivity contribution in [1.29, 1.82) is 0 Å². The first-order valence-corrected chi connectivity index (χ1v) is 5.95. The van der Waals surface area contributed by atoms with Gasteiger partial charge in [0.05, 0.1) is 13.2 Å². The molecule has 2 aromatic rings. The van der Waals surface area contributed by atoms with Gasteiger partial charge in [-0.1, -0.05) is 16.8 Å². The minimum absolute atomic E-state index is 0.532. The van der Waals surface area contributed by atoms with E-state index >= 15 is 0 Å². The zero-order chi connectivity index (χ0) is 12.8. The molecule has 2 rings (SSSR count). The van der Waals surface area contributed by atoms with E-state index in [-0.39, 0.29) is 0 Å². The highest BCUT2D eigenvalue weighted by atomic mass is 35.5. The first-order valence-electron chi connectivity index (χ1n) is 5.58. The van der Waals surface area contributed by atoms with Crippen LogP contribution >= 0.6 is 11.6 Å². The van der Waals surface area contributed by atoms with Crippen molar-refractivity contribution in [2.45, 2.75) is 6.54 Å². The van der Waals surface area contributed by atoms with Gasteiger partial charge in [0, 0.05) is 24.2 Å². The Bertz CT molecular complexity index is 484. The molecule has 1 heterocycles. The van der Waals surface area contributed by atoms with E-state index in [2.05, 4.69) is 15.5 Å². The lowest BCUT2D eigenvalue weighted by Gasteiger charge is -1.98. The quantitative estimate of drug-likeness (QED) is 0.813. The van der Waals surface area contributed by atoms with Gasteiger partial charge in [-0.3, -0.25) is 0 Å². The molecule has 0 unspecified atom stereocenters. The summed E-state index contributed by atoms with van der Waals surface area (Å²) in [5.41, 5.74) is 0.881. The average molecular weight is 268 g/mol. The topological polar surface area (TPSA) is 60.2 Å². The van der Waals surface area contributed by atoms with Crippen LogP contribution in [0.1, 0.15) is 5.89 Å². The van der Waals surface area contributed by atoms with Crippen LogP contribution in [0.3, 0.4) is 0 Å². The van der Waals surface area contributed by atoms with Crippen LogP contribution in [0.15, 0.2) is 28.8 Å². The van der Waals surface area contributed by atoms with Crippen molar-refractivity contribution < 1.29 is 9.26 Å². The third-order valence-corrected chi connectivity index (χ3v) is 2.58. The monoisotopic (exact) mass is 267 g/mol. The Morgan fingerprint density at radius 1 is 1.33 bits per heavy atom. The van der Waals surface area contributed by atoms with E-state index in [4.69, 9.17) is 20.9 Å². The van der Waals surface area contributed by atoms with Gasteiger partial charge in [-0.25, -0.2) is 0 Å². The van der Waals surface area contributed by atoms with E-state index in [0.717, 1.165) is 12.1 Å². The predicted molar refractivity (Wildman–Crippen MR) is 68.3 cm³/mol. The molecular weight excluding hydrogens is 254 g/mol. The molecule has 0 spiro atoms. The maximum absolute atomic E-state index is 5.82. The van der Waals surface area contributed by atoms with Gasteiger partial charge in [-0.05, 0) is 24.3 Å². The average Bonchev–Trinajstić information content (AvgIpc) is 2.84. The Morgan fingerprint density at radius 2 is 2.11 bits per heavy atom. The number of methoxy groups -OCH3 is 1. The lowest BCUT2D eigenvalue weighted by molar-refractivity contribution is 0.197. The highest BCUT2D eigenvalue weighted by Gasteiger charge is 2.07. The summed E-state index contributed by atoms with van der Waals surface area (Å²) in [5, 5.41) is 7.73. The second-order valence-corrected chi connectivity index (χ2v) is 4.12. The third-order valence-electron chi connectivity index (χ3n) is 2.33. The van der Waals surface area contributed by atoms with Crippen LogP contribution in [0.2, 0.25) is 5.02 Å². The van der Waals surface area contributed by atoms with E-state index in [0.29, 0.717) is 29.9 Å². The molecule has 18 heavy (non-hydrogen) atoms. The zero-order valence-electron chi connectivity index (χ0n) is 10.0. The molecule has 96 valence electrons. The van der Waals surface area contributed by atoms with Crippen molar-refractivity contribution >= 4 is 11.6 Å². The van der Waals surface area contributed by atoms with Crippen molar-refractivity contribution in [3.05, 3.63) is 35.2 Å². The van der Waals surface area contributed by atoms with Crippen molar-refractivity contribution in [3.63, 3.8) is 0 Å². The molecule has 0 fully saturated rings. The van der Waals surface area contributed by atoms with E-state index in [9.17, 15) is 0 Å². The largest absolute Gasteiger partial charge is 0.383 e. The lowest BCUT2D eigenvalue weighted by atomic mass is 10.2. The van der Waals surface area contributed by atoms with Crippen LogP contribution in [0.5, 0.6) is 0 Å². The number of ether oxygens (including phenoxy) is 1. The molecule has 1 N–H and O–H groups in total. The van der Waals surface area contributed by atoms with Gasteiger partial charge in [0.15, 0.2) is 0 Å². The highest BCUT2D eigenvalue weighted by Crippen LogP contribution is 2.18. The SMILES string of the molecule is COCCNCc1nc(-c2ccc(Cl)cc2)no1. The summed E-state index contributed by atoms with van der Waals surface area (Å²) in [5.74, 6) is 1.12. The summed E-state index contributed by atoms with van der Waals surface area (Å²) >= 11 is 5.82. The maximum Gasteiger partial charge on any atom is 0.240 e. The molecule has 0 atom stereocenters. The number of benzene rings is 1. The van der Waals surface area contributed by atoms with Crippen LogP contribution in [0, 0.1) is 0 Å². The summed E-state index contributed by atoms with van der Waals surface area (Å²) in [6.45, 7) is 1.93. The zero-order valence-corrected chi connectivity index (χ0v) is 10.8. The van der Waals surface area contributed by atoms with Gasteiger partial charge in [0.25, 0.3) is 0 Å². The second-order valence-electron chi connectivity index (χ2n) is 3.69. The molecule has 5 nitrogen and oxygen atoms in total. The summed E-state index contributed by atoms with van der Waals surface area (Å²) in [7, 11) is 1.66. The smallest absolute Gasteiger partial charge is 0.240 e. The van der Waals surface area contributed by atoms with Crippen molar-refractivity contribution in [2.24, 2.45) is 0 Å². The minimum atomic E-state index is 0.532. The third kappa shape index (κ3) is 3.53. The summed E-state index contributed by atoms with van der Waals surface area (Å²) in [6, 6.07) is 7.30. The van der Waals surface area contributed by atoms with Gasteiger partial charge in [-0.15, -0.1) is 0 Å². The molecule has 1 aromatic carbocycles. The number of rotatable bonds is 6. The fourth-order valence-electron chi connectivity index (χ4n) is 1.41. The lowest BCUT2D eigenvalue weighted by Crippen LogP contribution is -2.18. The number of nitrogens with one attached hydrogen (secondary N) is 1. The summed E-state index contributed by atoms with van der Waals surface area (Å²) in [4.78, 5) is 4.28. The summed E-state index contributed by atoms with van der Waals surface area (Å²) in [6.07, 6.45) is 0. The maximum atomic E-state index is 5.82. The Labute approximate surface area is 110 Å². The molecule has 0 radical (unpaired) electrons. The fraction of sp³-hybridized carbons (Fsp3) is 0.333. The van der Waals surface area contributed by atoms with Crippen LogP contribution < -0.4 is 5.32 Å². The Morgan fingerprint density at radius 3 is 2.83 bits per heavy atom. The highest BCUT2D eigenvalue weighted by molar-refractivity contribution is 6.30. The Hall–Kier alpha value is -1.43. The molecular formula is C12H14ClN3O2. The Balaban J connectivity index is 1.95. The van der Waals surface area contributed by atoms with Crippen LogP contribution in [-0.2, 0) is 11.3 Å². The first-order chi connectivity index (χ1) is 8.79. The van der Waals surface area contributed by atoms with Crippen molar-refractivity contribution in [1.82, 2.24) is 15.5 Å². The molecule has 0 bridgehead atoms. The standard InChI is InChI=1S/C12H14ClN3O2/c1-17-7-6-14-8-11-15-12(16-18-11)9-2-4-10(13)5-3-9/h2-5,14H,6-8H2,1H3. The normalized spacial score (nSPS) is 10.8. The molecule has 0 aliphatic heterocycles. The number of nitrogens with zero attached hydrogens (tertiary/aromatic N) is 2. The van der Waals surface area contributed by atoms with Gasteiger partial charge in [-0.2, -0.15) is 4.98 Å². The number of aromatic nitrogens is 2. The molecule has 0 saturated heterocycles. The van der Waals surface area contributed by atoms with E-state index in [1.807, 2.05) is 12.1 Å². The molecule has 0 aliphatic carbocycles. The second kappa shape index (κ2) is 6.49. The van der Waals surface area contributed by atoms with Gasteiger partial charge < -0.3 is 14.6 Å². The summed E-state index contributed by atoms with van der Waals surface area (Å²) < 4.78 is 10.1. The number of hydrogen-bond donors (Lipinski definition) is 1. The van der Waals surface area contributed by atoms with E-state index < -0.39 is 0 Å². The van der Waals surface area contributed by atoms with E-state index in [1.54, 1.807) is 19.2 Å². The molecule has 0 aliphatic rings. The first kappa shape index (κ1) is 13.0. The van der Waals surface area contributed by atoms with Crippen molar-refractivity contribution in [2.75, 3.05) is 20.3 Å². The van der Waals surface area contributed by atoms with Gasteiger partial charge >= 0.3 is 0 Å². The van der Waals surface area contributed by atoms with Gasteiger partial charge in [0.1, 0.15) is 0 Å². The molecule has 1 aromatic heterocycles. The fourth-order valence-corrected chi connectivity index (χ4v) is 1.54. The number of hydrogen-bond acceptors (Lipinski definition) is 5. The number of halogens is 1. The van der Waals surface area contributed by atoms with Crippen LogP contribution in [0.4, 0.5) is 0 Å².